The largest absolute Gasteiger partial charge is 0.495 e. The Morgan fingerprint density at radius 1 is 1.04 bits per heavy atom. The summed E-state index contributed by atoms with van der Waals surface area (Å²) in [6.07, 6.45) is 0. The minimum absolute atomic E-state index is 0.198. The van der Waals surface area contributed by atoms with E-state index in [1.165, 1.54) is 0 Å². The fourth-order valence-corrected chi connectivity index (χ4v) is 3.03. The number of nitrogens with one attached hydrogen (secondary N) is 1. The van der Waals surface area contributed by atoms with Crippen LogP contribution >= 0.6 is 0 Å². The molecule has 0 atom stereocenters. The van der Waals surface area contributed by atoms with Gasteiger partial charge in [0.2, 0.25) is 5.91 Å². The quantitative estimate of drug-likeness (QED) is 0.812. The Bertz CT molecular complexity index is 824. The first kappa shape index (κ1) is 18.9. The van der Waals surface area contributed by atoms with Crippen molar-refractivity contribution in [2.24, 2.45) is 0 Å². The number of nitrogens with zero attached hydrogens (tertiary/aromatic N) is 2. The summed E-state index contributed by atoms with van der Waals surface area (Å²) in [6, 6.07) is 9.55. The average Bonchev–Trinajstić information content (AvgIpc) is 2.71. The Hall–Kier alpha value is -2.90. The SMILES string of the molecule is COc1ccccc1N1CCN(C(=O)CNc2ccc(F)c(F)c2F)CC1. The van der Waals surface area contributed by atoms with Gasteiger partial charge in [-0.05, 0) is 24.3 Å². The summed E-state index contributed by atoms with van der Waals surface area (Å²) < 4.78 is 45.2. The minimum atomic E-state index is -1.56. The molecular formula is C19H20F3N3O2. The minimum Gasteiger partial charge on any atom is -0.495 e. The topological polar surface area (TPSA) is 44.8 Å². The number of methoxy groups -OCH3 is 1. The molecule has 5 nitrogen and oxygen atoms in total. The highest BCUT2D eigenvalue weighted by atomic mass is 19.2. The third-order valence-electron chi connectivity index (χ3n) is 4.52. The standard InChI is InChI=1S/C19H20F3N3O2/c1-27-16-5-3-2-4-15(16)24-8-10-25(11-9-24)17(26)12-23-14-7-6-13(20)18(21)19(14)22/h2-7,23H,8-12H2,1H3. The molecule has 0 aromatic heterocycles. The Balaban J connectivity index is 1.55. The Morgan fingerprint density at radius 3 is 2.44 bits per heavy atom. The number of halogens is 3. The van der Waals surface area contributed by atoms with Gasteiger partial charge in [0, 0.05) is 26.2 Å². The molecule has 2 aromatic rings. The summed E-state index contributed by atoms with van der Waals surface area (Å²) in [5.74, 6) is -3.62. The predicted molar refractivity (Wildman–Crippen MR) is 96.6 cm³/mol. The fraction of sp³-hybridized carbons (Fsp3) is 0.316. The van der Waals surface area contributed by atoms with Crippen LogP contribution in [0.1, 0.15) is 0 Å². The molecule has 1 heterocycles. The maximum absolute atomic E-state index is 13.6. The van der Waals surface area contributed by atoms with Crippen LogP contribution < -0.4 is 15.0 Å². The van der Waals surface area contributed by atoms with Gasteiger partial charge in [-0.1, -0.05) is 12.1 Å². The maximum atomic E-state index is 13.6. The van der Waals surface area contributed by atoms with Crippen molar-refractivity contribution < 1.29 is 22.7 Å². The lowest BCUT2D eigenvalue weighted by atomic mass is 10.2. The molecule has 27 heavy (non-hydrogen) atoms. The Morgan fingerprint density at radius 2 is 1.74 bits per heavy atom. The molecule has 0 saturated carbocycles. The van der Waals surface area contributed by atoms with Gasteiger partial charge >= 0.3 is 0 Å². The highest BCUT2D eigenvalue weighted by Crippen LogP contribution is 2.28. The van der Waals surface area contributed by atoms with Crippen LogP contribution in [0.15, 0.2) is 36.4 Å². The van der Waals surface area contributed by atoms with Crippen LogP contribution in [0.5, 0.6) is 5.75 Å². The lowest BCUT2D eigenvalue weighted by Gasteiger charge is -2.36. The van der Waals surface area contributed by atoms with Crippen molar-refractivity contribution >= 4 is 17.3 Å². The zero-order valence-corrected chi connectivity index (χ0v) is 14.8. The van der Waals surface area contributed by atoms with Crippen molar-refractivity contribution in [3.05, 3.63) is 53.8 Å². The van der Waals surface area contributed by atoms with E-state index in [1.807, 2.05) is 24.3 Å². The monoisotopic (exact) mass is 379 g/mol. The highest BCUT2D eigenvalue weighted by molar-refractivity contribution is 5.81. The van der Waals surface area contributed by atoms with Crippen LogP contribution in [-0.4, -0.2) is 50.6 Å². The first-order valence-corrected chi connectivity index (χ1v) is 8.54. The third kappa shape index (κ3) is 4.10. The van der Waals surface area contributed by atoms with Gasteiger partial charge in [-0.3, -0.25) is 4.79 Å². The number of carbonyl (C=O) groups excluding carboxylic acids is 1. The molecule has 0 bridgehead atoms. The zero-order chi connectivity index (χ0) is 19.4. The molecule has 0 unspecified atom stereocenters. The van der Waals surface area contributed by atoms with E-state index < -0.39 is 17.5 Å². The number of hydrogen-bond donors (Lipinski definition) is 1. The van der Waals surface area contributed by atoms with Crippen molar-refractivity contribution in [1.29, 1.82) is 0 Å². The van der Waals surface area contributed by atoms with E-state index in [1.54, 1.807) is 12.0 Å². The second-order valence-electron chi connectivity index (χ2n) is 6.12. The lowest BCUT2D eigenvalue weighted by molar-refractivity contribution is -0.129. The first-order valence-electron chi connectivity index (χ1n) is 8.54. The molecular weight excluding hydrogens is 359 g/mol. The van der Waals surface area contributed by atoms with Gasteiger partial charge in [-0.15, -0.1) is 0 Å². The first-order chi connectivity index (χ1) is 13.0. The molecule has 0 radical (unpaired) electrons. The van der Waals surface area contributed by atoms with E-state index in [0.29, 0.717) is 26.2 Å². The van der Waals surface area contributed by atoms with Gasteiger partial charge in [-0.2, -0.15) is 0 Å². The maximum Gasteiger partial charge on any atom is 0.241 e. The van der Waals surface area contributed by atoms with E-state index >= 15 is 0 Å². The summed E-state index contributed by atoms with van der Waals surface area (Å²) in [6.45, 7) is 2.06. The van der Waals surface area contributed by atoms with E-state index in [9.17, 15) is 18.0 Å². The molecule has 144 valence electrons. The number of amides is 1. The highest BCUT2D eigenvalue weighted by Gasteiger charge is 2.23. The molecule has 1 aliphatic rings. The number of ether oxygens (including phenoxy) is 1. The van der Waals surface area contributed by atoms with Gasteiger partial charge in [0.25, 0.3) is 0 Å². The van der Waals surface area contributed by atoms with Gasteiger partial charge < -0.3 is 19.9 Å². The van der Waals surface area contributed by atoms with E-state index in [2.05, 4.69) is 10.2 Å². The molecule has 8 heteroatoms. The zero-order valence-electron chi connectivity index (χ0n) is 14.8. The number of benzene rings is 2. The van der Waals surface area contributed by atoms with Gasteiger partial charge in [0.05, 0.1) is 25.0 Å². The third-order valence-corrected chi connectivity index (χ3v) is 4.52. The smallest absolute Gasteiger partial charge is 0.241 e. The van der Waals surface area contributed by atoms with Gasteiger partial charge in [0.1, 0.15) is 5.75 Å². The fourth-order valence-electron chi connectivity index (χ4n) is 3.03. The molecule has 0 spiro atoms. The summed E-state index contributed by atoms with van der Waals surface area (Å²) in [5, 5.41) is 2.53. The summed E-state index contributed by atoms with van der Waals surface area (Å²) in [7, 11) is 1.61. The van der Waals surface area contributed by atoms with Crippen LogP contribution in [0.3, 0.4) is 0 Å². The Labute approximate surface area is 155 Å². The van der Waals surface area contributed by atoms with Gasteiger partial charge in [-0.25, -0.2) is 13.2 Å². The van der Waals surface area contributed by atoms with Crippen LogP contribution in [0.2, 0.25) is 0 Å². The van der Waals surface area contributed by atoms with E-state index in [4.69, 9.17) is 4.74 Å². The number of para-hydroxylation sites is 2. The van der Waals surface area contributed by atoms with Crippen LogP contribution in [0.4, 0.5) is 24.5 Å². The molecule has 1 fully saturated rings. The van der Waals surface area contributed by atoms with E-state index in [0.717, 1.165) is 23.6 Å². The molecule has 3 rings (SSSR count). The van der Waals surface area contributed by atoms with E-state index in [-0.39, 0.29) is 18.1 Å². The molecule has 2 aromatic carbocycles. The number of anilines is 2. The average molecular weight is 379 g/mol. The van der Waals surface area contributed by atoms with Gasteiger partial charge in [0.15, 0.2) is 17.5 Å². The van der Waals surface area contributed by atoms with Crippen molar-refractivity contribution in [2.75, 3.05) is 50.1 Å². The normalized spacial score (nSPS) is 14.2. The molecule has 1 N–H and O–H groups in total. The summed E-state index contributed by atoms with van der Waals surface area (Å²) >= 11 is 0. The number of hydrogen-bond acceptors (Lipinski definition) is 4. The summed E-state index contributed by atoms with van der Waals surface area (Å²) in [5.41, 5.74) is 0.726. The van der Waals surface area contributed by atoms with Crippen molar-refractivity contribution in [3.63, 3.8) is 0 Å². The Kier molecular flexibility index (Phi) is 5.73. The molecule has 0 aliphatic carbocycles. The number of rotatable bonds is 5. The number of piperazine rings is 1. The van der Waals surface area contributed by atoms with Crippen molar-refractivity contribution in [2.45, 2.75) is 0 Å². The van der Waals surface area contributed by atoms with Crippen LogP contribution in [0.25, 0.3) is 0 Å². The molecule has 1 amide bonds. The second-order valence-corrected chi connectivity index (χ2v) is 6.12. The second kappa shape index (κ2) is 8.20. The number of carbonyl (C=O) groups is 1. The molecule has 1 aliphatic heterocycles. The van der Waals surface area contributed by atoms with Crippen LogP contribution in [0, 0.1) is 17.5 Å². The van der Waals surface area contributed by atoms with Crippen molar-refractivity contribution in [1.82, 2.24) is 4.90 Å². The lowest BCUT2D eigenvalue weighted by Crippen LogP contribution is -2.50. The van der Waals surface area contributed by atoms with Crippen molar-refractivity contribution in [3.8, 4) is 5.75 Å². The molecule has 1 saturated heterocycles. The predicted octanol–water partition coefficient (Wildman–Crippen LogP) is 2.87. The summed E-state index contributed by atoms with van der Waals surface area (Å²) in [4.78, 5) is 16.1. The van der Waals surface area contributed by atoms with Crippen LogP contribution in [-0.2, 0) is 4.79 Å².